The highest BCUT2D eigenvalue weighted by Crippen LogP contribution is 2.37. The molecule has 0 radical (unpaired) electrons. The molecule has 0 N–H and O–H groups in total. The van der Waals surface area contributed by atoms with Gasteiger partial charge in [-0.15, -0.1) is 11.8 Å². The summed E-state index contributed by atoms with van der Waals surface area (Å²) in [4.78, 5) is 18.4. The van der Waals surface area contributed by atoms with Crippen LogP contribution in [0.4, 0.5) is 0 Å². The maximum Gasteiger partial charge on any atom is 0.236 e. The Morgan fingerprint density at radius 2 is 2.12 bits per heavy atom. The lowest BCUT2D eigenvalue weighted by atomic mass is 10.1. The molecule has 1 atom stereocenters. The summed E-state index contributed by atoms with van der Waals surface area (Å²) >= 11 is 1.66. The van der Waals surface area contributed by atoms with Crippen LogP contribution in [0.1, 0.15) is 12.0 Å². The molecule has 1 unspecified atom stereocenters. The van der Waals surface area contributed by atoms with Crippen molar-refractivity contribution < 1.29 is 9.53 Å². The van der Waals surface area contributed by atoms with E-state index in [4.69, 9.17) is 10.00 Å². The van der Waals surface area contributed by atoms with E-state index >= 15 is 0 Å². The molecule has 0 saturated carbocycles. The van der Waals surface area contributed by atoms with Crippen LogP contribution in [0.15, 0.2) is 29.2 Å². The largest absolute Gasteiger partial charge is 0.379 e. The van der Waals surface area contributed by atoms with Crippen molar-refractivity contribution in [3.63, 3.8) is 0 Å². The van der Waals surface area contributed by atoms with Crippen molar-refractivity contribution in [1.82, 2.24) is 9.80 Å². The summed E-state index contributed by atoms with van der Waals surface area (Å²) in [6.45, 7) is 5.43. The highest BCUT2D eigenvalue weighted by atomic mass is 32.2. The van der Waals surface area contributed by atoms with Crippen molar-refractivity contribution in [2.24, 2.45) is 0 Å². The first-order valence-corrected chi connectivity index (χ1v) is 9.36. The highest BCUT2D eigenvalue weighted by molar-refractivity contribution is 8.01. The Kier molecular flexibility index (Phi) is 6.13. The summed E-state index contributed by atoms with van der Waals surface area (Å²) < 4.78 is 5.37. The standard InChI is InChI=1S/C18H23N3O2S/c19-6-3-7-21(9-8-20-10-12-23-13-11-20)18(22)17-14-15-4-1-2-5-16(15)24-17/h1-2,4-5,17H,3,7-14H2. The number of amides is 1. The van der Waals surface area contributed by atoms with Gasteiger partial charge in [0.25, 0.3) is 0 Å². The number of ether oxygens (including phenoxy) is 1. The van der Waals surface area contributed by atoms with Gasteiger partial charge in [0.2, 0.25) is 5.91 Å². The zero-order valence-electron chi connectivity index (χ0n) is 13.8. The van der Waals surface area contributed by atoms with E-state index in [0.29, 0.717) is 19.5 Å². The van der Waals surface area contributed by atoms with Gasteiger partial charge in [-0.3, -0.25) is 9.69 Å². The Hall–Kier alpha value is -1.55. The topological polar surface area (TPSA) is 56.6 Å². The van der Waals surface area contributed by atoms with E-state index in [-0.39, 0.29) is 11.2 Å². The number of nitrogens with zero attached hydrogens (tertiary/aromatic N) is 3. The van der Waals surface area contributed by atoms with Crippen LogP contribution in [-0.4, -0.2) is 66.9 Å². The third-order valence-corrected chi connectivity index (χ3v) is 5.82. The Balaban J connectivity index is 1.58. The predicted molar refractivity (Wildman–Crippen MR) is 93.9 cm³/mol. The molecule has 1 aromatic rings. The van der Waals surface area contributed by atoms with Gasteiger partial charge in [0.05, 0.1) is 31.0 Å². The Labute approximate surface area is 147 Å². The normalized spacial score (nSPS) is 20.4. The van der Waals surface area contributed by atoms with Crippen LogP contribution < -0.4 is 0 Å². The zero-order chi connectivity index (χ0) is 16.8. The minimum atomic E-state index is -0.0502. The second-order valence-electron chi connectivity index (χ2n) is 6.11. The summed E-state index contributed by atoms with van der Waals surface area (Å²) in [5.41, 5.74) is 1.26. The fourth-order valence-electron chi connectivity index (χ4n) is 3.13. The lowest BCUT2D eigenvalue weighted by molar-refractivity contribution is -0.130. The van der Waals surface area contributed by atoms with E-state index in [0.717, 1.165) is 39.3 Å². The van der Waals surface area contributed by atoms with Crippen molar-refractivity contribution >= 4 is 17.7 Å². The number of benzene rings is 1. The Bertz CT molecular complexity index is 586. The zero-order valence-corrected chi connectivity index (χ0v) is 14.6. The molecule has 2 aliphatic rings. The van der Waals surface area contributed by atoms with Crippen LogP contribution in [0.3, 0.4) is 0 Å². The summed E-state index contributed by atoms with van der Waals surface area (Å²) in [5, 5.41) is 8.85. The van der Waals surface area contributed by atoms with Gasteiger partial charge in [-0.05, 0) is 18.1 Å². The number of carbonyl (C=O) groups excluding carboxylic acids is 1. The summed E-state index contributed by atoms with van der Waals surface area (Å²) in [5.74, 6) is 0.166. The Morgan fingerprint density at radius 1 is 1.33 bits per heavy atom. The molecule has 6 heteroatoms. The molecule has 1 fully saturated rings. The fraction of sp³-hybridized carbons (Fsp3) is 0.556. The maximum atomic E-state index is 12.9. The van der Waals surface area contributed by atoms with Gasteiger partial charge < -0.3 is 9.64 Å². The van der Waals surface area contributed by atoms with Gasteiger partial charge in [0.1, 0.15) is 0 Å². The second kappa shape index (κ2) is 8.52. The molecule has 1 saturated heterocycles. The molecule has 0 bridgehead atoms. The first-order valence-electron chi connectivity index (χ1n) is 8.48. The van der Waals surface area contributed by atoms with Gasteiger partial charge in [0.15, 0.2) is 0 Å². The van der Waals surface area contributed by atoms with Crippen molar-refractivity contribution in [3.05, 3.63) is 29.8 Å². The van der Waals surface area contributed by atoms with Crippen LogP contribution in [-0.2, 0) is 16.0 Å². The first-order chi connectivity index (χ1) is 11.8. The monoisotopic (exact) mass is 345 g/mol. The number of morpholine rings is 1. The van der Waals surface area contributed by atoms with Gasteiger partial charge >= 0.3 is 0 Å². The average Bonchev–Trinajstić information content (AvgIpc) is 3.06. The van der Waals surface area contributed by atoms with E-state index in [2.05, 4.69) is 23.1 Å². The van der Waals surface area contributed by atoms with Gasteiger partial charge in [-0.25, -0.2) is 0 Å². The van der Waals surface area contributed by atoms with Crippen molar-refractivity contribution in [2.75, 3.05) is 45.9 Å². The van der Waals surface area contributed by atoms with Crippen molar-refractivity contribution in [1.29, 1.82) is 5.26 Å². The van der Waals surface area contributed by atoms with E-state index in [1.807, 2.05) is 17.0 Å². The average molecular weight is 345 g/mol. The lowest BCUT2D eigenvalue weighted by Crippen LogP contribution is -2.45. The highest BCUT2D eigenvalue weighted by Gasteiger charge is 2.31. The first kappa shape index (κ1) is 17.3. The quantitative estimate of drug-likeness (QED) is 0.787. The predicted octanol–water partition coefficient (Wildman–Crippen LogP) is 1.78. The minimum absolute atomic E-state index is 0.0502. The summed E-state index contributed by atoms with van der Waals surface area (Å²) in [6, 6.07) is 10.4. The van der Waals surface area contributed by atoms with Gasteiger partial charge in [-0.1, -0.05) is 18.2 Å². The van der Waals surface area contributed by atoms with E-state index < -0.39 is 0 Å². The molecule has 1 amide bonds. The van der Waals surface area contributed by atoms with E-state index in [1.165, 1.54) is 10.5 Å². The van der Waals surface area contributed by atoms with Crippen LogP contribution in [0.5, 0.6) is 0 Å². The number of nitriles is 1. The van der Waals surface area contributed by atoms with Crippen LogP contribution in [0, 0.1) is 11.3 Å². The number of fused-ring (bicyclic) bond motifs is 1. The third kappa shape index (κ3) is 4.29. The second-order valence-corrected chi connectivity index (χ2v) is 7.35. The molecule has 3 rings (SSSR count). The van der Waals surface area contributed by atoms with Gasteiger partial charge in [-0.2, -0.15) is 5.26 Å². The number of carbonyl (C=O) groups is 1. The molecule has 2 aliphatic heterocycles. The van der Waals surface area contributed by atoms with Crippen LogP contribution in [0.25, 0.3) is 0 Å². The number of rotatable bonds is 6. The number of thioether (sulfide) groups is 1. The number of hydrogen-bond acceptors (Lipinski definition) is 5. The molecule has 128 valence electrons. The molecule has 0 aromatic heterocycles. The summed E-state index contributed by atoms with van der Waals surface area (Å²) in [7, 11) is 0. The van der Waals surface area contributed by atoms with Crippen molar-refractivity contribution in [3.8, 4) is 6.07 Å². The number of hydrogen-bond donors (Lipinski definition) is 0. The molecular weight excluding hydrogens is 322 g/mol. The SMILES string of the molecule is N#CCCN(CCN1CCOCC1)C(=O)C1Cc2ccccc2S1. The van der Waals surface area contributed by atoms with Crippen LogP contribution in [0.2, 0.25) is 0 Å². The third-order valence-electron chi connectivity index (χ3n) is 4.52. The van der Waals surface area contributed by atoms with Crippen molar-refractivity contribution in [2.45, 2.75) is 23.0 Å². The maximum absolute atomic E-state index is 12.9. The Morgan fingerprint density at radius 3 is 2.88 bits per heavy atom. The van der Waals surface area contributed by atoms with Gasteiger partial charge in [0, 0.05) is 37.6 Å². The molecule has 2 heterocycles. The smallest absolute Gasteiger partial charge is 0.236 e. The minimum Gasteiger partial charge on any atom is -0.379 e. The molecular formula is C18H23N3O2S. The molecule has 0 spiro atoms. The van der Waals surface area contributed by atoms with E-state index in [1.54, 1.807) is 11.8 Å². The lowest BCUT2D eigenvalue weighted by Gasteiger charge is -2.30. The summed E-state index contributed by atoms with van der Waals surface area (Å²) in [6.07, 6.45) is 1.18. The van der Waals surface area contributed by atoms with E-state index in [9.17, 15) is 4.79 Å². The molecule has 24 heavy (non-hydrogen) atoms. The molecule has 1 aromatic carbocycles. The fourth-order valence-corrected chi connectivity index (χ4v) is 4.41. The van der Waals surface area contributed by atoms with Crippen LogP contribution >= 0.6 is 11.8 Å². The molecule has 0 aliphatic carbocycles. The molecule has 5 nitrogen and oxygen atoms in total.